The second kappa shape index (κ2) is 3.45. The second-order valence-corrected chi connectivity index (χ2v) is 2.85. The number of nitrogens with zero attached hydrogens (tertiary/aromatic N) is 3. The third-order valence-electron chi connectivity index (χ3n) is 1.74. The minimum Gasteiger partial charge on any atom is -0.233 e. The van der Waals surface area contributed by atoms with Gasteiger partial charge in [-0.15, -0.1) is 5.01 Å². The first-order valence-electron chi connectivity index (χ1n) is 3.76. The molecule has 0 aliphatic carbocycles. The quantitative estimate of drug-likeness (QED) is 0.508. The topological polar surface area (TPSA) is 49.6 Å². The summed E-state index contributed by atoms with van der Waals surface area (Å²) in [7, 11) is 0. The van der Waals surface area contributed by atoms with Crippen molar-refractivity contribution in [3.63, 3.8) is 0 Å². The van der Waals surface area contributed by atoms with Crippen LogP contribution in [0.5, 0.6) is 0 Å². The molecule has 0 spiro atoms. The molecule has 0 aromatic heterocycles. The fourth-order valence-corrected chi connectivity index (χ4v) is 1.12. The third-order valence-corrected chi connectivity index (χ3v) is 1.74. The first-order valence-corrected chi connectivity index (χ1v) is 3.76. The van der Waals surface area contributed by atoms with Gasteiger partial charge in [0.25, 0.3) is 0 Å². The fraction of sp³-hybridized carbons (Fsp3) is 0.667. The van der Waals surface area contributed by atoms with E-state index in [1.54, 1.807) is 0 Å². The Hall–Kier alpha value is -1.31. The molecule has 0 N–H and O–H groups in total. The molecule has 0 radical (unpaired) electrons. The van der Waals surface area contributed by atoms with Crippen LogP contribution in [0.25, 0.3) is 0 Å². The molecule has 1 heterocycles. The summed E-state index contributed by atoms with van der Waals surface area (Å²) >= 11 is 0. The molecule has 0 amide bonds. The van der Waals surface area contributed by atoms with Gasteiger partial charge in [0.2, 0.25) is 0 Å². The lowest BCUT2D eigenvalue weighted by atomic mass is 10.3. The molecule has 1 aliphatic rings. The molecule has 5 nitrogen and oxygen atoms in total. The number of halogens is 3. The molecule has 1 rings (SSSR count). The van der Waals surface area contributed by atoms with Crippen molar-refractivity contribution >= 4 is 0 Å². The summed E-state index contributed by atoms with van der Waals surface area (Å²) in [6, 6.07) is -0.623. The van der Waals surface area contributed by atoms with E-state index in [-0.39, 0.29) is 0 Å². The lowest BCUT2D eigenvalue weighted by molar-refractivity contribution is -0.683. The molecule has 0 fully saturated rings. The number of nitro groups is 1. The Morgan fingerprint density at radius 2 is 2.14 bits per heavy atom. The Morgan fingerprint density at radius 1 is 1.57 bits per heavy atom. The number of hydrogen-bond donors (Lipinski definition) is 0. The van der Waals surface area contributed by atoms with Gasteiger partial charge in [-0.25, -0.2) is 10.1 Å². The Bertz CT molecular complexity index is 266. The highest BCUT2D eigenvalue weighted by Crippen LogP contribution is 2.23. The fourth-order valence-electron chi connectivity index (χ4n) is 1.12. The normalized spacial score (nSPS) is 23.1. The van der Waals surface area contributed by atoms with Crippen molar-refractivity contribution in [3.05, 3.63) is 22.4 Å². The van der Waals surface area contributed by atoms with Crippen LogP contribution in [0.15, 0.2) is 12.3 Å². The molecule has 0 aromatic rings. The summed E-state index contributed by atoms with van der Waals surface area (Å²) in [5, 5.41) is 10.4. The number of rotatable bonds is 2. The van der Waals surface area contributed by atoms with Crippen molar-refractivity contribution in [2.75, 3.05) is 6.54 Å². The molecule has 1 unspecified atom stereocenters. The lowest BCUT2D eigenvalue weighted by Crippen LogP contribution is -2.47. The van der Waals surface area contributed by atoms with E-state index in [0.29, 0.717) is 10.1 Å². The molecular formula is C6H8F3N3O2. The van der Waals surface area contributed by atoms with Gasteiger partial charge in [-0.2, -0.15) is 13.2 Å². The van der Waals surface area contributed by atoms with Gasteiger partial charge in [0, 0.05) is 0 Å². The van der Waals surface area contributed by atoms with Crippen molar-refractivity contribution in [2.45, 2.75) is 19.1 Å². The van der Waals surface area contributed by atoms with Crippen LogP contribution < -0.4 is 0 Å². The minimum absolute atomic E-state index is 0.345. The largest absolute Gasteiger partial charge is 0.403 e. The molecule has 1 atom stereocenters. The summed E-state index contributed by atoms with van der Waals surface area (Å²) in [4.78, 5) is 10.3. The third kappa shape index (κ3) is 2.34. The monoisotopic (exact) mass is 211 g/mol. The summed E-state index contributed by atoms with van der Waals surface area (Å²) < 4.78 is 36.0. The van der Waals surface area contributed by atoms with Gasteiger partial charge in [-0.05, 0) is 18.1 Å². The zero-order valence-electron chi connectivity index (χ0n) is 7.23. The van der Waals surface area contributed by atoms with Crippen molar-refractivity contribution in [1.82, 2.24) is 10.1 Å². The Kier molecular flexibility index (Phi) is 2.65. The molecule has 14 heavy (non-hydrogen) atoms. The Balaban J connectivity index is 2.71. The predicted molar refractivity (Wildman–Crippen MR) is 40.2 cm³/mol. The highest BCUT2D eigenvalue weighted by atomic mass is 19.4. The first-order chi connectivity index (χ1) is 6.31. The summed E-state index contributed by atoms with van der Waals surface area (Å²) in [5.41, 5.74) is 0. The zero-order valence-corrected chi connectivity index (χ0v) is 7.23. The maximum atomic E-state index is 12.0. The number of alkyl halides is 3. The zero-order chi connectivity index (χ0) is 10.9. The van der Waals surface area contributed by atoms with Gasteiger partial charge in [-0.1, -0.05) is 0 Å². The lowest BCUT2D eigenvalue weighted by Gasteiger charge is -2.24. The van der Waals surface area contributed by atoms with E-state index in [1.165, 1.54) is 13.0 Å². The van der Waals surface area contributed by atoms with Crippen LogP contribution >= 0.6 is 0 Å². The second-order valence-electron chi connectivity index (χ2n) is 2.85. The average molecular weight is 211 g/mol. The average Bonchev–Trinajstić information content (AvgIpc) is 2.29. The molecule has 1 aliphatic heterocycles. The smallest absolute Gasteiger partial charge is 0.233 e. The van der Waals surface area contributed by atoms with Crippen LogP contribution in [0.4, 0.5) is 13.2 Å². The van der Waals surface area contributed by atoms with Gasteiger partial charge in [0.15, 0.2) is 5.03 Å². The number of hydrogen-bond acceptors (Lipinski definition) is 3. The standard InChI is InChI=1S/C6H8F3N3O2/c1-5-2-3-11(12(13)14)10(5)4-6(7,8)9/h2-3,5H,4H2,1H3. The highest BCUT2D eigenvalue weighted by Gasteiger charge is 2.40. The maximum absolute atomic E-state index is 12.0. The molecule has 8 heteroatoms. The molecule has 0 saturated heterocycles. The van der Waals surface area contributed by atoms with Crippen LogP contribution in [0.2, 0.25) is 0 Å². The first kappa shape index (κ1) is 10.8. The predicted octanol–water partition coefficient (Wildman–Crippen LogP) is 1.18. The van der Waals surface area contributed by atoms with Gasteiger partial charge >= 0.3 is 6.18 Å². The van der Waals surface area contributed by atoms with E-state index >= 15 is 0 Å². The van der Waals surface area contributed by atoms with Crippen LogP contribution in [0.3, 0.4) is 0 Å². The Morgan fingerprint density at radius 3 is 2.57 bits per heavy atom. The van der Waals surface area contributed by atoms with E-state index in [1.807, 2.05) is 0 Å². The van der Waals surface area contributed by atoms with Crippen LogP contribution in [-0.4, -0.2) is 33.9 Å². The number of hydrazine groups is 2. The van der Waals surface area contributed by atoms with Gasteiger partial charge < -0.3 is 0 Å². The summed E-state index contributed by atoms with van der Waals surface area (Å²) in [5.74, 6) is 0. The van der Waals surface area contributed by atoms with Gasteiger partial charge in [0.05, 0.1) is 12.2 Å². The van der Waals surface area contributed by atoms with E-state index < -0.39 is 23.8 Å². The van der Waals surface area contributed by atoms with Crippen LogP contribution in [0.1, 0.15) is 6.92 Å². The van der Waals surface area contributed by atoms with Gasteiger partial charge in [-0.3, -0.25) is 0 Å². The van der Waals surface area contributed by atoms with Gasteiger partial charge in [0.1, 0.15) is 6.54 Å². The van der Waals surface area contributed by atoms with Crippen molar-refractivity contribution in [3.8, 4) is 0 Å². The molecule has 0 saturated carbocycles. The Labute approximate surface area is 77.5 Å². The van der Waals surface area contributed by atoms with E-state index in [4.69, 9.17) is 0 Å². The van der Waals surface area contributed by atoms with E-state index in [2.05, 4.69) is 0 Å². The van der Waals surface area contributed by atoms with Crippen molar-refractivity contribution in [1.29, 1.82) is 0 Å². The maximum Gasteiger partial charge on any atom is 0.403 e. The van der Waals surface area contributed by atoms with Crippen molar-refractivity contribution in [2.24, 2.45) is 0 Å². The van der Waals surface area contributed by atoms with E-state index in [0.717, 1.165) is 6.20 Å². The molecule has 0 bridgehead atoms. The SMILES string of the molecule is CC1C=CN([N+](=O)[O-])N1CC(F)(F)F. The minimum atomic E-state index is -4.45. The van der Waals surface area contributed by atoms with Crippen molar-refractivity contribution < 1.29 is 18.2 Å². The molecule has 0 aromatic carbocycles. The summed E-state index contributed by atoms with van der Waals surface area (Å²) in [6.07, 6.45) is -2.11. The summed E-state index contributed by atoms with van der Waals surface area (Å²) in [6.45, 7) is 0.119. The van der Waals surface area contributed by atoms with E-state index in [9.17, 15) is 23.3 Å². The van der Waals surface area contributed by atoms with Crippen LogP contribution in [0, 0.1) is 10.1 Å². The molecular weight excluding hydrogens is 203 g/mol. The highest BCUT2D eigenvalue weighted by molar-refractivity contribution is 4.96. The molecule has 80 valence electrons. The van der Waals surface area contributed by atoms with Crippen LogP contribution in [-0.2, 0) is 0 Å².